The molecule has 1 aromatic rings. The zero-order valence-electron chi connectivity index (χ0n) is 15.3. The third-order valence-corrected chi connectivity index (χ3v) is 6.66. The van der Waals surface area contributed by atoms with E-state index in [0.717, 1.165) is 38.5 Å². The molecule has 0 saturated carbocycles. The number of carbonyl (C=O) groups excluding carboxylic acids is 1. The van der Waals surface area contributed by atoms with E-state index < -0.39 is 16.1 Å². The maximum Gasteiger partial charge on any atom is 0.243 e. The molecule has 6 heteroatoms. The molecule has 1 N–H and O–H groups in total. The van der Waals surface area contributed by atoms with Gasteiger partial charge < -0.3 is 5.32 Å². The quantitative estimate of drug-likeness (QED) is 0.718. The highest BCUT2D eigenvalue weighted by molar-refractivity contribution is 7.89. The Hall–Kier alpha value is -1.40. The summed E-state index contributed by atoms with van der Waals surface area (Å²) in [7, 11) is -3.64. The van der Waals surface area contributed by atoms with Crippen LogP contribution in [0.3, 0.4) is 0 Å². The van der Waals surface area contributed by atoms with Crippen molar-refractivity contribution in [2.24, 2.45) is 0 Å². The van der Waals surface area contributed by atoms with Crippen LogP contribution >= 0.6 is 0 Å². The molecule has 0 aromatic heterocycles. The van der Waals surface area contributed by atoms with E-state index >= 15 is 0 Å². The van der Waals surface area contributed by atoms with E-state index in [2.05, 4.69) is 12.2 Å². The van der Waals surface area contributed by atoms with Crippen molar-refractivity contribution in [1.82, 2.24) is 9.62 Å². The minimum Gasteiger partial charge on any atom is -0.352 e. The molecule has 5 nitrogen and oxygen atoms in total. The number of nitrogens with one attached hydrogen (secondary N) is 1. The Kier molecular flexibility index (Phi) is 7.44. The maximum absolute atomic E-state index is 12.9. The predicted octanol–water partition coefficient (Wildman–Crippen LogP) is 3.31. The second kappa shape index (κ2) is 9.34. The Morgan fingerprint density at radius 1 is 1.24 bits per heavy atom. The summed E-state index contributed by atoms with van der Waals surface area (Å²) in [6.07, 6.45) is 6.56. The number of sulfonamides is 1. The minimum absolute atomic E-state index is 0.0715. The first kappa shape index (κ1) is 19.9. The molecule has 0 spiro atoms. The smallest absolute Gasteiger partial charge is 0.243 e. The lowest BCUT2D eigenvalue weighted by atomic mass is 10.0. The zero-order chi connectivity index (χ0) is 18.3. The molecule has 2 unspecified atom stereocenters. The van der Waals surface area contributed by atoms with Gasteiger partial charge in [0.25, 0.3) is 0 Å². The van der Waals surface area contributed by atoms with Gasteiger partial charge in [-0.25, -0.2) is 8.42 Å². The lowest BCUT2D eigenvalue weighted by molar-refractivity contribution is -0.126. The summed E-state index contributed by atoms with van der Waals surface area (Å²) in [5.74, 6) is -0.164. The average molecular weight is 367 g/mol. The first-order chi connectivity index (χ1) is 12.0. The van der Waals surface area contributed by atoms with Crippen molar-refractivity contribution in [1.29, 1.82) is 0 Å². The molecule has 1 saturated heterocycles. The van der Waals surface area contributed by atoms with Crippen LogP contribution < -0.4 is 5.32 Å². The van der Waals surface area contributed by atoms with E-state index in [1.807, 2.05) is 6.92 Å². The van der Waals surface area contributed by atoms with Crippen LogP contribution in [0.5, 0.6) is 0 Å². The van der Waals surface area contributed by atoms with E-state index in [4.69, 9.17) is 0 Å². The molecule has 1 heterocycles. The standard InChI is InChI=1S/C19H30N2O3S/c1-3-4-6-11-16(2)20-19(22)18-14-9-10-15-21(18)25(23,24)17-12-7-5-8-13-17/h5,7-8,12-13,16,18H,3-4,6,9-11,14-15H2,1-2H3,(H,20,22). The van der Waals surface area contributed by atoms with Crippen molar-refractivity contribution in [3.05, 3.63) is 30.3 Å². The molecule has 0 aliphatic carbocycles. The number of hydrogen-bond acceptors (Lipinski definition) is 3. The van der Waals surface area contributed by atoms with Crippen LogP contribution in [0.25, 0.3) is 0 Å². The van der Waals surface area contributed by atoms with Crippen LogP contribution in [0.2, 0.25) is 0 Å². The Bertz CT molecular complexity index is 646. The second-order valence-corrected chi connectivity index (χ2v) is 8.74. The highest BCUT2D eigenvalue weighted by Gasteiger charge is 2.37. The van der Waals surface area contributed by atoms with Crippen molar-refractivity contribution in [3.8, 4) is 0 Å². The number of rotatable bonds is 8. The number of carbonyl (C=O) groups is 1. The lowest BCUT2D eigenvalue weighted by Gasteiger charge is -2.34. The Morgan fingerprint density at radius 2 is 1.96 bits per heavy atom. The normalized spacial score (nSPS) is 20.2. The molecule has 1 aliphatic rings. The number of benzene rings is 1. The fourth-order valence-corrected chi connectivity index (χ4v) is 4.97. The van der Waals surface area contributed by atoms with E-state index in [1.54, 1.807) is 30.3 Å². The predicted molar refractivity (Wildman–Crippen MR) is 99.7 cm³/mol. The van der Waals surface area contributed by atoms with Gasteiger partial charge in [0.1, 0.15) is 6.04 Å². The average Bonchev–Trinajstić information content (AvgIpc) is 2.62. The third-order valence-electron chi connectivity index (χ3n) is 4.74. The van der Waals surface area contributed by atoms with Crippen LogP contribution in [0.15, 0.2) is 35.2 Å². The van der Waals surface area contributed by atoms with Gasteiger partial charge in [0, 0.05) is 12.6 Å². The molecule has 0 radical (unpaired) electrons. The van der Waals surface area contributed by atoms with Crippen molar-refractivity contribution in [2.75, 3.05) is 6.54 Å². The molecule has 140 valence electrons. The molecule has 1 amide bonds. The number of nitrogens with zero attached hydrogens (tertiary/aromatic N) is 1. The number of hydrogen-bond donors (Lipinski definition) is 1. The first-order valence-corrected chi connectivity index (χ1v) is 10.8. The summed E-state index contributed by atoms with van der Waals surface area (Å²) in [5.41, 5.74) is 0. The number of unbranched alkanes of at least 4 members (excludes halogenated alkanes) is 2. The first-order valence-electron chi connectivity index (χ1n) is 9.34. The van der Waals surface area contributed by atoms with Crippen molar-refractivity contribution >= 4 is 15.9 Å². The zero-order valence-corrected chi connectivity index (χ0v) is 16.1. The van der Waals surface area contributed by atoms with E-state index in [1.165, 1.54) is 4.31 Å². The van der Waals surface area contributed by atoms with Crippen molar-refractivity contribution in [2.45, 2.75) is 75.8 Å². The summed E-state index contributed by atoms with van der Waals surface area (Å²) in [4.78, 5) is 13.0. The Morgan fingerprint density at radius 3 is 2.64 bits per heavy atom. The Labute approximate surface area is 151 Å². The Balaban J connectivity index is 2.08. The highest BCUT2D eigenvalue weighted by Crippen LogP contribution is 2.25. The number of amides is 1. The summed E-state index contributed by atoms with van der Waals surface area (Å²) < 4.78 is 27.3. The molecule has 25 heavy (non-hydrogen) atoms. The molecular weight excluding hydrogens is 336 g/mol. The third kappa shape index (κ3) is 5.28. The second-order valence-electron chi connectivity index (χ2n) is 6.85. The van der Waals surface area contributed by atoms with Crippen molar-refractivity contribution < 1.29 is 13.2 Å². The highest BCUT2D eigenvalue weighted by atomic mass is 32.2. The van der Waals surface area contributed by atoms with Crippen molar-refractivity contribution in [3.63, 3.8) is 0 Å². The topological polar surface area (TPSA) is 66.5 Å². The molecular formula is C19H30N2O3S. The van der Waals surface area contributed by atoms with Crippen LogP contribution in [-0.2, 0) is 14.8 Å². The lowest BCUT2D eigenvalue weighted by Crippen LogP contribution is -2.53. The molecule has 1 aromatic carbocycles. The fraction of sp³-hybridized carbons (Fsp3) is 0.632. The summed E-state index contributed by atoms with van der Waals surface area (Å²) in [5, 5.41) is 3.02. The largest absolute Gasteiger partial charge is 0.352 e. The minimum atomic E-state index is -3.64. The molecule has 2 atom stereocenters. The molecule has 0 bridgehead atoms. The summed E-state index contributed by atoms with van der Waals surface area (Å²) >= 11 is 0. The van der Waals surface area contributed by atoms with Gasteiger partial charge in [-0.1, -0.05) is 50.8 Å². The van der Waals surface area contributed by atoms with Gasteiger partial charge in [0.15, 0.2) is 0 Å². The van der Waals surface area contributed by atoms with E-state index in [-0.39, 0.29) is 16.8 Å². The molecule has 2 rings (SSSR count). The monoisotopic (exact) mass is 366 g/mol. The van der Waals surface area contributed by atoms with Gasteiger partial charge in [-0.05, 0) is 38.3 Å². The van der Waals surface area contributed by atoms with E-state index in [9.17, 15) is 13.2 Å². The van der Waals surface area contributed by atoms with Gasteiger partial charge in [-0.15, -0.1) is 0 Å². The van der Waals surface area contributed by atoms with Gasteiger partial charge in [-0.3, -0.25) is 4.79 Å². The van der Waals surface area contributed by atoms with Gasteiger partial charge in [0.05, 0.1) is 4.90 Å². The van der Waals surface area contributed by atoms with Crippen LogP contribution in [0, 0.1) is 0 Å². The summed E-state index contributed by atoms with van der Waals surface area (Å²) in [6.45, 7) is 4.55. The van der Waals surface area contributed by atoms with Crippen LogP contribution in [-0.4, -0.2) is 37.3 Å². The SMILES string of the molecule is CCCCCC(C)NC(=O)C1CCCCN1S(=O)(=O)c1ccccc1. The maximum atomic E-state index is 12.9. The number of piperidine rings is 1. The van der Waals surface area contributed by atoms with Gasteiger partial charge >= 0.3 is 0 Å². The molecule has 1 aliphatic heterocycles. The molecule has 1 fully saturated rings. The van der Waals surface area contributed by atoms with Crippen LogP contribution in [0.1, 0.15) is 58.8 Å². The summed E-state index contributed by atoms with van der Waals surface area (Å²) in [6, 6.07) is 7.86. The van der Waals surface area contributed by atoms with Crippen LogP contribution in [0.4, 0.5) is 0 Å². The van der Waals surface area contributed by atoms with Gasteiger partial charge in [0.2, 0.25) is 15.9 Å². The van der Waals surface area contributed by atoms with E-state index in [0.29, 0.717) is 13.0 Å². The van der Waals surface area contributed by atoms with Gasteiger partial charge in [-0.2, -0.15) is 4.31 Å². The fourth-order valence-electron chi connectivity index (χ4n) is 3.29.